The van der Waals surface area contributed by atoms with Crippen molar-refractivity contribution in [2.24, 2.45) is 5.73 Å². The standard InChI is InChI=1S/C11H13N3O3/c1-11(2,6-12)9-4-7(16-3)8(5-14-9)17-10(13)15/h4-5H,1-3H3,(H2,13,15). The van der Waals surface area contributed by atoms with Gasteiger partial charge >= 0.3 is 6.09 Å². The summed E-state index contributed by atoms with van der Waals surface area (Å²) >= 11 is 0. The summed E-state index contributed by atoms with van der Waals surface area (Å²) in [6, 6.07) is 3.66. The highest BCUT2D eigenvalue weighted by molar-refractivity contribution is 5.69. The summed E-state index contributed by atoms with van der Waals surface area (Å²) in [7, 11) is 1.42. The molecule has 0 aromatic carbocycles. The third-order valence-corrected chi connectivity index (χ3v) is 2.18. The number of hydrogen-bond acceptors (Lipinski definition) is 5. The number of carbonyl (C=O) groups excluding carboxylic acids is 1. The van der Waals surface area contributed by atoms with Crippen molar-refractivity contribution in [3.63, 3.8) is 0 Å². The van der Waals surface area contributed by atoms with Crippen LogP contribution in [0.15, 0.2) is 12.3 Å². The molecule has 6 nitrogen and oxygen atoms in total. The van der Waals surface area contributed by atoms with Crippen molar-refractivity contribution in [1.29, 1.82) is 5.26 Å². The highest BCUT2D eigenvalue weighted by Gasteiger charge is 2.23. The molecule has 0 aliphatic heterocycles. The Bertz CT molecular complexity index is 477. The van der Waals surface area contributed by atoms with Gasteiger partial charge in [0, 0.05) is 6.07 Å². The number of carbonyl (C=O) groups is 1. The summed E-state index contributed by atoms with van der Waals surface area (Å²) in [6.07, 6.45) is 0.357. The van der Waals surface area contributed by atoms with E-state index in [1.54, 1.807) is 19.9 Å². The lowest BCUT2D eigenvalue weighted by Gasteiger charge is -2.16. The lowest BCUT2D eigenvalue weighted by atomic mass is 9.91. The number of aromatic nitrogens is 1. The topological polar surface area (TPSA) is 98.2 Å². The molecule has 1 rings (SSSR count). The molecule has 0 aliphatic carbocycles. The molecule has 0 bridgehead atoms. The number of methoxy groups -OCH3 is 1. The smallest absolute Gasteiger partial charge is 0.410 e. The Balaban J connectivity index is 3.18. The lowest BCUT2D eigenvalue weighted by molar-refractivity contribution is 0.208. The summed E-state index contributed by atoms with van der Waals surface area (Å²) in [6.45, 7) is 3.45. The van der Waals surface area contributed by atoms with Crippen LogP contribution >= 0.6 is 0 Å². The molecule has 90 valence electrons. The molecule has 1 aromatic heterocycles. The second-order valence-electron chi connectivity index (χ2n) is 3.88. The van der Waals surface area contributed by atoms with Crippen LogP contribution in [0.2, 0.25) is 0 Å². The zero-order valence-electron chi connectivity index (χ0n) is 9.85. The predicted molar refractivity (Wildman–Crippen MR) is 59.6 cm³/mol. The Morgan fingerprint density at radius 3 is 2.65 bits per heavy atom. The third kappa shape index (κ3) is 2.84. The fourth-order valence-electron chi connectivity index (χ4n) is 1.17. The molecule has 0 saturated heterocycles. The molecule has 1 heterocycles. The number of hydrogen-bond donors (Lipinski definition) is 1. The summed E-state index contributed by atoms with van der Waals surface area (Å²) in [5.74, 6) is 0.426. The highest BCUT2D eigenvalue weighted by Crippen LogP contribution is 2.30. The van der Waals surface area contributed by atoms with E-state index in [1.165, 1.54) is 13.3 Å². The number of nitriles is 1. The molecule has 0 unspecified atom stereocenters. The molecule has 0 aliphatic rings. The van der Waals surface area contributed by atoms with Crippen molar-refractivity contribution >= 4 is 6.09 Å². The van der Waals surface area contributed by atoms with Gasteiger partial charge in [-0.15, -0.1) is 0 Å². The zero-order chi connectivity index (χ0) is 13.1. The van der Waals surface area contributed by atoms with Crippen LogP contribution in [0.3, 0.4) is 0 Å². The molecule has 0 radical (unpaired) electrons. The first kappa shape index (κ1) is 12.8. The molecule has 1 amide bonds. The van der Waals surface area contributed by atoms with E-state index in [9.17, 15) is 4.79 Å². The normalized spacial score (nSPS) is 10.5. The average molecular weight is 235 g/mol. The molecule has 0 atom stereocenters. The number of rotatable bonds is 3. The van der Waals surface area contributed by atoms with Crippen molar-refractivity contribution in [2.45, 2.75) is 19.3 Å². The van der Waals surface area contributed by atoms with Crippen molar-refractivity contribution in [1.82, 2.24) is 4.98 Å². The third-order valence-electron chi connectivity index (χ3n) is 2.18. The van der Waals surface area contributed by atoms with E-state index in [1.807, 2.05) is 0 Å². The average Bonchev–Trinajstić information content (AvgIpc) is 2.28. The molecule has 2 N–H and O–H groups in total. The van der Waals surface area contributed by atoms with Gasteiger partial charge in [-0.25, -0.2) is 4.79 Å². The van der Waals surface area contributed by atoms with Crippen LogP contribution < -0.4 is 15.2 Å². The molecular weight excluding hydrogens is 222 g/mol. The monoisotopic (exact) mass is 235 g/mol. The van der Waals surface area contributed by atoms with E-state index in [-0.39, 0.29) is 5.75 Å². The van der Waals surface area contributed by atoms with Crippen molar-refractivity contribution in [3.05, 3.63) is 18.0 Å². The fraction of sp³-hybridized carbons (Fsp3) is 0.364. The van der Waals surface area contributed by atoms with E-state index < -0.39 is 11.5 Å². The largest absolute Gasteiger partial charge is 0.493 e. The Hall–Kier alpha value is -2.29. The van der Waals surface area contributed by atoms with E-state index >= 15 is 0 Å². The molecular formula is C11H13N3O3. The maximum atomic E-state index is 10.6. The quantitative estimate of drug-likeness (QED) is 0.852. The van der Waals surface area contributed by atoms with Gasteiger partial charge in [0.25, 0.3) is 0 Å². The minimum atomic E-state index is -0.947. The number of ether oxygens (including phenoxy) is 2. The number of nitrogens with two attached hydrogens (primary N) is 1. The number of amides is 1. The number of primary amides is 1. The minimum absolute atomic E-state index is 0.123. The van der Waals surface area contributed by atoms with Crippen LogP contribution in [0.25, 0.3) is 0 Å². The Labute approximate surface area is 99.0 Å². The zero-order valence-corrected chi connectivity index (χ0v) is 9.85. The second-order valence-corrected chi connectivity index (χ2v) is 3.88. The first-order valence-electron chi connectivity index (χ1n) is 4.83. The van der Waals surface area contributed by atoms with Gasteiger partial charge < -0.3 is 15.2 Å². The number of pyridine rings is 1. The van der Waals surface area contributed by atoms with Crippen molar-refractivity contribution < 1.29 is 14.3 Å². The van der Waals surface area contributed by atoms with Gasteiger partial charge in [0.2, 0.25) is 0 Å². The van der Waals surface area contributed by atoms with Gasteiger partial charge in [0.1, 0.15) is 0 Å². The number of nitrogens with zero attached hydrogens (tertiary/aromatic N) is 2. The predicted octanol–water partition coefficient (Wildman–Crippen LogP) is 1.35. The van der Waals surface area contributed by atoms with Gasteiger partial charge in [0.15, 0.2) is 11.5 Å². The summed E-state index contributed by atoms with van der Waals surface area (Å²) in [5, 5.41) is 8.99. The van der Waals surface area contributed by atoms with Gasteiger partial charge in [-0.3, -0.25) is 4.98 Å². The molecule has 0 spiro atoms. The molecule has 17 heavy (non-hydrogen) atoms. The van der Waals surface area contributed by atoms with Crippen molar-refractivity contribution in [3.8, 4) is 17.6 Å². The van der Waals surface area contributed by atoms with Crippen LogP contribution in [-0.4, -0.2) is 18.2 Å². The van der Waals surface area contributed by atoms with Gasteiger partial charge in [-0.2, -0.15) is 5.26 Å². The van der Waals surface area contributed by atoms with Crippen LogP contribution in [0.1, 0.15) is 19.5 Å². The SMILES string of the molecule is COc1cc(C(C)(C)C#N)ncc1OC(N)=O. The Morgan fingerprint density at radius 1 is 1.53 bits per heavy atom. The van der Waals surface area contributed by atoms with E-state index in [4.69, 9.17) is 20.5 Å². The molecule has 6 heteroatoms. The highest BCUT2D eigenvalue weighted by atomic mass is 16.6. The molecule has 1 aromatic rings. The van der Waals surface area contributed by atoms with Gasteiger partial charge in [-0.05, 0) is 13.8 Å². The van der Waals surface area contributed by atoms with Crippen LogP contribution in [-0.2, 0) is 5.41 Å². The summed E-state index contributed by atoms with van der Waals surface area (Å²) < 4.78 is 9.75. The van der Waals surface area contributed by atoms with E-state index in [2.05, 4.69) is 11.1 Å². The van der Waals surface area contributed by atoms with Gasteiger partial charge in [-0.1, -0.05) is 0 Å². The molecule has 0 saturated carbocycles. The first-order chi connectivity index (χ1) is 7.90. The van der Waals surface area contributed by atoms with E-state index in [0.717, 1.165) is 0 Å². The second kappa shape index (κ2) is 4.70. The van der Waals surface area contributed by atoms with Crippen LogP contribution in [0.5, 0.6) is 11.5 Å². The first-order valence-corrected chi connectivity index (χ1v) is 4.83. The summed E-state index contributed by atoms with van der Waals surface area (Å²) in [4.78, 5) is 14.7. The van der Waals surface area contributed by atoms with Crippen molar-refractivity contribution in [2.75, 3.05) is 7.11 Å². The fourth-order valence-corrected chi connectivity index (χ4v) is 1.17. The van der Waals surface area contributed by atoms with Crippen LogP contribution in [0, 0.1) is 11.3 Å². The minimum Gasteiger partial charge on any atom is -0.493 e. The maximum absolute atomic E-state index is 10.6. The van der Waals surface area contributed by atoms with E-state index in [0.29, 0.717) is 11.4 Å². The van der Waals surface area contributed by atoms with Crippen LogP contribution in [0.4, 0.5) is 4.79 Å². The van der Waals surface area contributed by atoms with Gasteiger partial charge in [0.05, 0.1) is 30.5 Å². The Kier molecular flexibility index (Phi) is 3.53. The summed E-state index contributed by atoms with van der Waals surface area (Å²) in [5.41, 5.74) is 4.67. The lowest BCUT2D eigenvalue weighted by Crippen LogP contribution is -2.19. The molecule has 0 fully saturated rings. The Morgan fingerprint density at radius 2 is 2.18 bits per heavy atom. The maximum Gasteiger partial charge on any atom is 0.410 e.